The molecular formula is C20H23ClN4O5. The summed E-state index contributed by atoms with van der Waals surface area (Å²) in [6.45, 7) is 1.14. The van der Waals surface area contributed by atoms with Crippen molar-refractivity contribution < 1.29 is 24.0 Å². The number of piperidine rings is 1. The van der Waals surface area contributed by atoms with Crippen LogP contribution in [0.25, 0.3) is 0 Å². The first-order valence-electron chi connectivity index (χ1n) is 9.85. The minimum atomic E-state index is -0.980. The first-order valence-corrected chi connectivity index (χ1v) is 10.4. The fourth-order valence-electron chi connectivity index (χ4n) is 3.59. The van der Waals surface area contributed by atoms with Gasteiger partial charge >= 0.3 is 0 Å². The number of unbranched alkanes of at least 4 members (excludes halogenated alkanes) is 2. The molecule has 0 aromatic heterocycles. The van der Waals surface area contributed by atoms with Gasteiger partial charge in [-0.1, -0.05) is 6.07 Å². The molecule has 10 heteroatoms. The van der Waals surface area contributed by atoms with Crippen LogP contribution in [-0.4, -0.2) is 59.4 Å². The third-order valence-electron chi connectivity index (χ3n) is 5.08. The van der Waals surface area contributed by atoms with E-state index in [1.54, 1.807) is 18.2 Å². The van der Waals surface area contributed by atoms with E-state index in [4.69, 9.17) is 11.6 Å². The topological polar surface area (TPSA) is 125 Å². The Labute approximate surface area is 178 Å². The van der Waals surface area contributed by atoms with Crippen molar-refractivity contribution >= 4 is 46.8 Å². The average molecular weight is 435 g/mol. The van der Waals surface area contributed by atoms with E-state index in [1.807, 2.05) is 0 Å². The van der Waals surface area contributed by atoms with Gasteiger partial charge in [-0.15, -0.1) is 11.6 Å². The van der Waals surface area contributed by atoms with Crippen LogP contribution < -0.4 is 16.0 Å². The number of halogens is 1. The second kappa shape index (κ2) is 9.71. The standard InChI is InChI=1S/C20H23ClN4O5/c21-11-16(27)23-10-3-1-2-9-22-13-6-4-5-12-17(13)20(30)25(19(12)29)14-7-8-15(26)24-18(14)28/h4-6,14,22H,1-3,7-11H2,(H,23,27)(H,24,26,28). The lowest BCUT2D eigenvalue weighted by Gasteiger charge is -2.27. The highest BCUT2D eigenvalue weighted by atomic mass is 35.5. The third kappa shape index (κ3) is 4.62. The van der Waals surface area contributed by atoms with Crippen molar-refractivity contribution in [2.75, 3.05) is 24.3 Å². The lowest BCUT2D eigenvalue weighted by atomic mass is 10.0. The van der Waals surface area contributed by atoms with E-state index < -0.39 is 29.7 Å². The largest absolute Gasteiger partial charge is 0.384 e. The van der Waals surface area contributed by atoms with Crippen LogP contribution >= 0.6 is 11.6 Å². The number of imide groups is 2. The highest BCUT2D eigenvalue weighted by molar-refractivity contribution is 6.27. The quantitative estimate of drug-likeness (QED) is 0.303. The van der Waals surface area contributed by atoms with E-state index in [-0.39, 0.29) is 35.8 Å². The van der Waals surface area contributed by atoms with Gasteiger partial charge in [0.1, 0.15) is 11.9 Å². The molecule has 0 radical (unpaired) electrons. The molecule has 1 fully saturated rings. The minimum absolute atomic E-state index is 0.0523. The normalized spacial score (nSPS) is 18.3. The summed E-state index contributed by atoms with van der Waals surface area (Å²) in [6.07, 6.45) is 2.68. The number of nitrogens with one attached hydrogen (secondary N) is 3. The van der Waals surface area contributed by atoms with Crippen molar-refractivity contribution in [3.8, 4) is 0 Å². The molecule has 0 aliphatic carbocycles. The molecule has 3 N–H and O–H groups in total. The van der Waals surface area contributed by atoms with Crippen LogP contribution in [-0.2, 0) is 14.4 Å². The van der Waals surface area contributed by atoms with Gasteiger partial charge in [-0.05, 0) is 37.8 Å². The average Bonchev–Trinajstić information content (AvgIpc) is 2.98. The first-order chi connectivity index (χ1) is 14.4. The number of hydrogen-bond donors (Lipinski definition) is 3. The summed E-state index contributed by atoms with van der Waals surface area (Å²) in [6, 6.07) is 3.98. The summed E-state index contributed by atoms with van der Waals surface area (Å²) in [7, 11) is 0. The van der Waals surface area contributed by atoms with E-state index in [1.165, 1.54) is 0 Å². The van der Waals surface area contributed by atoms with Crippen LogP contribution in [0.15, 0.2) is 18.2 Å². The molecule has 160 valence electrons. The molecule has 0 bridgehead atoms. The Bertz CT molecular complexity index is 888. The Morgan fingerprint density at radius 1 is 1.10 bits per heavy atom. The number of benzene rings is 1. The number of anilines is 1. The molecule has 1 aromatic rings. The van der Waals surface area contributed by atoms with Crippen molar-refractivity contribution in [3.05, 3.63) is 29.3 Å². The molecule has 2 heterocycles. The van der Waals surface area contributed by atoms with Gasteiger partial charge in [0.25, 0.3) is 11.8 Å². The fourth-order valence-corrected chi connectivity index (χ4v) is 3.68. The smallest absolute Gasteiger partial charge is 0.264 e. The van der Waals surface area contributed by atoms with Gasteiger partial charge in [-0.2, -0.15) is 0 Å². The van der Waals surface area contributed by atoms with Gasteiger partial charge in [0.05, 0.1) is 11.1 Å². The van der Waals surface area contributed by atoms with Crippen molar-refractivity contribution in [3.63, 3.8) is 0 Å². The van der Waals surface area contributed by atoms with Crippen LogP contribution in [0.2, 0.25) is 0 Å². The molecule has 0 saturated carbocycles. The lowest BCUT2D eigenvalue weighted by molar-refractivity contribution is -0.136. The molecule has 1 atom stereocenters. The Morgan fingerprint density at radius 2 is 1.87 bits per heavy atom. The molecule has 0 spiro atoms. The van der Waals surface area contributed by atoms with Crippen molar-refractivity contribution in [1.82, 2.24) is 15.5 Å². The first kappa shape index (κ1) is 21.8. The molecule has 3 rings (SSSR count). The fraction of sp³-hybridized carbons (Fsp3) is 0.450. The summed E-state index contributed by atoms with van der Waals surface area (Å²) >= 11 is 5.41. The molecule has 1 saturated heterocycles. The van der Waals surface area contributed by atoms with E-state index in [9.17, 15) is 24.0 Å². The summed E-state index contributed by atoms with van der Waals surface area (Å²) in [5.74, 6) is -2.34. The monoisotopic (exact) mass is 434 g/mol. The molecule has 2 aliphatic rings. The number of fused-ring (bicyclic) bond motifs is 1. The number of alkyl halides is 1. The maximum atomic E-state index is 13.0. The Balaban J connectivity index is 1.59. The van der Waals surface area contributed by atoms with E-state index in [0.29, 0.717) is 18.8 Å². The summed E-state index contributed by atoms with van der Waals surface area (Å²) < 4.78 is 0. The predicted molar refractivity (Wildman–Crippen MR) is 109 cm³/mol. The van der Waals surface area contributed by atoms with E-state index >= 15 is 0 Å². The summed E-state index contributed by atoms with van der Waals surface area (Å²) in [5.41, 5.74) is 1.04. The summed E-state index contributed by atoms with van der Waals surface area (Å²) in [4.78, 5) is 61.3. The van der Waals surface area contributed by atoms with Gasteiger partial charge < -0.3 is 10.6 Å². The van der Waals surface area contributed by atoms with Gasteiger partial charge in [-0.25, -0.2) is 0 Å². The second-order valence-electron chi connectivity index (χ2n) is 7.15. The maximum Gasteiger partial charge on any atom is 0.264 e. The molecule has 1 unspecified atom stereocenters. The summed E-state index contributed by atoms with van der Waals surface area (Å²) in [5, 5.41) is 8.07. The molecule has 30 heavy (non-hydrogen) atoms. The van der Waals surface area contributed by atoms with Crippen molar-refractivity contribution in [1.29, 1.82) is 0 Å². The number of carbonyl (C=O) groups is 5. The zero-order chi connectivity index (χ0) is 21.7. The minimum Gasteiger partial charge on any atom is -0.384 e. The zero-order valence-corrected chi connectivity index (χ0v) is 17.1. The highest BCUT2D eigenvalue weighted by Crippen LogP contribution is 2.32. The SMILES string of the molecule is O=C(CCl)NCCCCCNc1cccc2c1C(=O)N(C1CCC(=O)NC1=O)C2=O. The molecular weight excluding hydrogens is 412 g/mol. The van der Waals surface area contributed by atoms with Crippen LogP contribution in [0.5, 0.6) is 0 Å². The van der Waals surface area contributed by atoms with Crippen LogP contribution in [0.1, 0.15) is 52.8 Å². The van der Waals surface area contributed by atoms with Crippen LogP contribution in [0.3, 0.4) is 0 Å². The van der Waals surface area contributed by atoms with Crippen LogP contribution in [0, 0.1) is 0 Å². The molecule has 2 aliphatic heterocycles. The number of hydrogen-bond acceptors (Lipinski definition) is 6. The van der Waals surface area contributed by atoms with E-state index in [2.05, 4.69) is 16.0 Å². The van der Waals surface area contributed by atoms with Crippen molar-refractivity contribution in [2.24, 2.45) is 0 Å². The Hall–Kier alpha value is -2.94. The van der Waals surface area contributed by atoms with E-state index in [0.717, 1.165) is 24.2 Å². The van der Waals surface area contributed by atoms with Crippen molar-refractivity contribution in [2.45, 2.75) is 38.1 Å². The third-order valence-corrected chi connectivity index (χ3v) is 5.32. The Morgan fingerprint density at radius 3 is 2.60 bits per heavy atom. The second-order valence-corrected chi connectivity index (χ2v) is 7.41. The highest BCUT2D eigenvalue weighted by Gasteiger charge is 2.45. The number of carbonyl (C=O) groups excluding carboxylic acids is 5. The van der Waals surface area contributed by atoms with Gasteiger partial charge in [0, 0.05) is 25.2 Å². The lowest BCUT2D eigenvalue weighted by Crippen LogP contribution is -2.54. The molecule has 1 aromatic carbocycles. The molecule has 5 amide bonds. The van der Waals surface area contributed by atoms with Gasteiger partial charge in [0.15, 0.2) is 0 Å². The number of nitrogens with zero attached hydrogens (tertiary/aromatic N) is 1. The molecule has 9 nitrogen and oxygen atoms in total. The number of amides is 5. The predicted octanol–water partition coefficient (Wildman–Crippen LogP) is 1.02. The Kier molecular flexibility index (Phi) is 7.04. The van der Waals surface area contributed by atoms with Gasteiger partial charge in [-0.3, -0.25) is 34.2 Å². The number of rotatable bonds is 9. The van der Waals surface area contributed by atoms with Gasteiger partial charge in [0.2, 0.25) is 17.7 Å². The van der Waals surface area contributed by atoms with Crippen LogP contribution in [0.4, 0.5) is 5.69 Å². The zero-order valence-electron chi connectivity index (χ0n) is 16.3. The maximum absolute atomic E-state index is 13.0.